The third-order valence-corrected chi connectivity index (χ3v) is 4.10. The highest BCUT2D eigenvalue weighted by atomic mass is 35.5. The maximum Gasteiger partial charge on any atom is 0.271 e. The van der Waals surface area contributed by atoms with Gasteiger partial charge in [-0.3, -0.25) is 14.9 Å². The Kier molecular flexibility index (Phi) is 3.81. The van der Waals surface area contributed by atoms with Gasteiger partial charge in [-0.25, -0.2) is 0 Å². The highest BCUT2D eigenvalue weighted by Crippen LogP contribution is 2.48. The average molecular weight is 317 g/mol. The molecular weight excluding hydrogens is 304 g/mol. The van der Waals surface area contributed by atoms with Crippen molar-refractivity contribution in [3.63, 3.8) is 0 Å². The normalized spacial score (nSPS) is 19.5. The Balaban J connectivity index is 1.71. The van der Waals surface area contributed by atoms with E-state index >= 15 is 0 Å². The van der Waals surface area contributed by atoms with Gasteiger partial charge < -0.3 is 5.32 Å². The largest absolute Gasteiger partial charge is 0.324 e. The fourth-order valence-electron chi connectivity index (χ4n) is 2.50. The molecule has 1 fully saturated rings. The van der Waals surface area contributed by atoms with Crippen molar-refractivity contribution in [3.8, 4) is 0 Å². The molecule has 0 radical (unpaired) electrons. The van der Waals surface area contributed by atoms with Gasteiger partial charge in [0.2, 0.25) is 5.91 Å². The first-order valence-electron chi connectivity index (χ1n) is 6.86. The molecule has 1 amide bonds. The van der Waals surface area contributed by atoms with E-state index in [1.54, 1.807) is 0 Å². The van der Waals surface area contributed by atoms with Gasteiger partial charge in [-0.1, -0.05) is 41.9 Å². The van der Waals surface area contributed by atoms with E-state index in [2.05, 4.69) is 5.32 Å². The summed E-state index contributed by atoms with van der Waals surface area (Å²) in [5.41, 5.74) is 1.31. The van der Waals surface area contributed by atoms with Crippen LogP contribution in [0.15, 0.2) is 48.5 Å². The van der Waals surface area contributed by atoms with E-state index in [-0.39, 0.29) is 34.1 Å². The van der Waals surface area contributed by atoms with Crippen molar-refractivity contribution >= 4 is 28.9 Å². The highest BCUT2D eigenvalue weighted by molar-refractivity contribution is 6.33. The van der Waals surface area contributed by atoms with Crippen LogP contribution in [0.4, 0.5) is 11.4 Å². The molecule has 2 aromatic rings. The molecule has 1 N–H and O–H groups in total. The van der Waals surface area contributed by atoms with Gasteiger partial charge in [0.05, 0.1) is 15.6 Å². The number of anilines is 1. The molecule has 0 aromatic heterocycles. The Morgan fingerprint density at radius 2 is 1.95 bits per heavy atom. The lowest BCUT2D eigenvalue weighted by molar-refractivity contribution is -0.384. The Morgan fingerprint density at radius 3 is 2.64 bits per heavy atom. The lowest BCUT2D eigenvalue weighted by Gasteiger charge is -2.07. The molecule has 2 unspecified atom stereocenters. The van der Waals surface area contributed by atoms with Crippen LogP contribution in [0, 0.1) is 16.0 Å². The van der Waals surface area contributed by atoms with Gasteiger partial charge in [0.15, 0.2) is 0 Å². The number of benzene rings is 2. The zero-order chi connectivity index (χ0) is 15.7. The number of nitro groups is 1. The molecule has 3 rings (SSSR count). The Labute approximate surface area is 132 Å². The highest BCUT2D eigenvalue weighted by Gasteiger charge is 2.43. The summed E-state index contributed by atoms with van der Waals surface area (Å²) in [6.07, 6.45) is 0.780. The van der Waals surface area contributed by atoms with E-state index in [1.165, 1.54) is 18.2 Å². The number of nitrogens with one attached hydrogen (secondary N) is 1. The van der Waals surface area contributed by atoms with Crippen molar-refractivity contribution in [2.45, 2.75) is 12.3 Å². The second-order valence-corrected chi connectivity index (χ2v) is 5.68. The maximum absolute atomic E-state index is 12.3. The summed E-state index contributed by atoms with van der Waals surface area (Å²) in [5, 5.41) is 13.8. The summed E-state index contributed by atoms with van der Waals surface area (Å²) in [6, 6.07) is 13.8. The minimum atomic E-state index is -0.518. The number of nitro benzene ring substituents is 1. The van der Waals surface area contributed by atoms with E-state index in [0.717, 1.165) is 12.0 Å². The van der Waals surface area contributed by atoms with E-state index in [1.807, 2.05) is 30.3 Å². The van der Waals surface area contributed by atoms with E-state index < -0.39 is 4.92 Å². The molecule has 1 aliphatic rings. The van der Waals surface area contributed by atoms with E-state index in [4.69, 9.17) is 11.6 Å². The van der Waals surface area contributed by atoms with Crippen LogP contribution in [0.2, 0.25) is 5.02 Å². The monoisotopic (exact) mass is 316 g/mol. The number of non-ortho nitro benzene ring substituents is 1. The second-order valence-electron chi connectivity index (χ2n) is 5.27. The molecule has 2 atom stereocenters. The zero-order valence-electron chi connectivity index (χ0n) is 11.5. The summed E-state index contributed by atoms with van der Waals surface area (Å²) in [6.45, 7) is 0. The standard InChI is InChI=1S/C16H13ClN2O3/c17-14-7-6-11(19(21)22)8-15(14)18-16(20)13-9-12(13)10-4-2-1-3-5-10/h1-8,12-13H,9H2,(H,18,20). The van der Waals surface area contributed by atoms with Gasteiger partial charge in [-0.2, -0.15) is 0 Å². The quantitative estimate of drug-likeness (QED) is 0.684. The Hall–Kier alpha value is -2.40. The number of rotatable bonds is 4. The number of amides is 1. The molecule has 1 aliphatic carbocycles. The summed E-state index contributed by atoms with van der Waals surface area (Å²) in [7, 11) is 0. The molecule has 0 spiro atoms. The lowest BCUT2D eigenvalue weighted by Crippen LogP contribution is -2.15. The molecule has 5 nitrogen and oxygen atoms in total. The molecule has 0 bridgehead atoms. The number of hydrogen-bond donors (Lipinski definition) is 1. The molecule has 6 heteroatoms. The Bertz CT molecular complexity index is 733. The van der Waals surface area contributed by atoms with Crippen LogP contribution in [0.5, 0.6) is 0 Å². The molecule has 22 heavy (non-hydrogen) atoms. The number of hydrogen-bond acceptors (Lipinski definition) is 3. The number of carbonyl (C=O) groups is 1. The summed E-state index contributed by atoms with van der Waals surface area (Å²) >= 11 is 5.99. The van der Waals surface area contributed by atoms with E-state index in [0.29, 0.717) is 0 Å². The van der Waals surface area contributed by atoms with Crippen LogP contribution >= 0.6 is 11.6 Å². The lowest BCUT2D eigenvalue weighted by atomic mass is 10.1. The van der Waals surface area contributed by atoms with Crippen LogP contribution in [0.3, 0.4) is 0 Å². The second kappa shape index (κ2) is 5.77. The van der Waals surface area contributed by atoms with Crippen molar-refractivity contribution in [3.05, 3.63) is 69.2 Å². The average Bonchev–Trinajstić information content (AvgIpc) is 3.31. The predicted octanol–water partition coefficient (Wildman–Crippen LogP) is 3.99. The van der Waals surface area contributed by atoms with Crippen molar-refractivity contribution in [1.29, 1.82) is 0 Å². The molecule has 2 aromatic carbocycles. The molecule has 0 aliphatic heterocycles. The molecular formula is C16H13ClN2O3. The third kappa shape index (κ3) is 2.94. The van der Waals surface area contributed by atoms with Crippen molar-refractivity contribution in [2.24, 2.45) is 5.92 Å². The minimum absolute atomic E-state index is 0.102. The van der Waals surface area contributed by atoms with Gasteiger partial charge in [0.1, 0.15) is 0 Å². The van der Waals surface area contributed by atoms with Gasteiger partial charge in [0, 0.05) is 18.1 Å². The predicted molar refractivity (Wildman–Crippen MR) is 84.0 cm³/mol. The number of halogens is 1. The van der Waals surface area contributed by atoms with Crippen molar-refractivity contribution < 1.29 is 9.72 Å². The Morgan fingerprint density at radius 1 is 1.23 bits per heavy atom. The number of carbonyl (C=O) groups excluding carboxylic acids is 1. The fourth-order valence-corrected chi connectivity index (χ4v) is 2.67. The van der Waals surface area contributed by atoms with Gasteiger partial charge in [0.25, 0.3) is 5.69 Å². The summed E-state index contributed by atoms with van der Waals surface area (Å²) < 4.78 is 0. The van der Waals surface area contributed by atoms with Gasteiger partial charge >= 0.3 is 0 Å². The smallest absolute Gasteiger partial charge is 0.271 e. The van der Waals surface area contributed by atoms with Gasteiger partial charge in [-0.05, 0) is 24.0 Å². The fraction of sp³-hybridized carbons (Fsp3) is 0.188. The number of nitrogens with zero attached hydrogens (tertiary/aromatic N) is 1. The molecule has 0 heterocycles. The van der Waals surface area contributed by atoms with Crippen molar-refractivity contribution in [1.82, 2.24) is 0 Å². The van der Waals surface area contributed by atoms with E-state index in [9.17, 15) is 14.9 Å². The van der Waals surface area contributed by atoms with Crippen LogP contribution < -0.4 is 5.32 Å². The topological polar surface area (TPSA) is 72.2 Å². The summed E-state index contributed by atoms with van der Waals surface area (Å²) in [4.78, 5) is 22.5. The molecule has 112 valence electrons. The van der Waals surface area contributed by atoms with Crippen LogP contribution in [0.1, 0.15) is 17.9 Å². The third-order valence-electron chi connectivity index (χ3n) is 3.77. The van der Waals surface area contributed by atoms with Crippen molar-refractivity contribution in [2.75, 3.05) is 5.32 Å². The van der Waals surface area contributed by atoms with Crippen LogP contribution in [-0.4, -0.2) is 10.8 Å². The minimum Gasteiger partial charge on any atom is -0.324 e. The van der Waals surface area contributed by atoms with Crippen LogP contribution in [-0.2, 0) is 4.79 Å². The first kappa shape index (κ1) is 14.5. The van der Waals surface area contributed by atoms with Crippen LogP contribution in [0.25, 0.3) is 0 Å². The zero-order valence-corrected chi connectivity index (χ0v) is 12.3. The molecule has 0 saturated heterocycles. The van der Waals surface area contributed by atoms with Gasteiger partial charge in [-0.15, -0.1) is 0 Å². The first-order chi connectivity index (χ1) is 10.6. The maximum atomic E-state index is 12.3. The SMILES string of the molecule is O=C(Nc1cc([N+](=O)[O-])ccc1Cl)C1CC1c1ccccc1. The summed E-state index contributed by atoms with van der Waals surface area (Å²) in [5.74, 6) is -0.0624. The molecule has 1 saturated carbocycles. The first-order valence-corrected chi connectivity index (χ1v) is 7.24.